The topological polar surface area (TPSA) is 84.4 Å². The number of oxazole rings is 1. The van der Waals surface area contributed by atoms with Crippen molar-refractivity contribution in [3.8, 4) is 11.5 Å². The first-order valence-corrected chi connectivity index (χ1v) is 8.54. The smallest absolute Gasteiger partial charge is 0.292 e. The summed E-state index contributed by atoms with van der Waals surface area (Å²) in [6.07, 6.45) is 4.18. The zero-order valence-corrected chi connectivity index (χ0v) is 14.7. The number of amides is 1. The van der Waals surface area contributed by atoms with Crippen LogP contribution in [0.4, 0.5) is 0 Å². The van der Waals surface area contributed by atoms with Crippen molar-refractivity contribution in [1.82, 2.24) is 19.7 Å². The molecular formula is C19H20N4O3. The highest BCUT2D eigenvalue weighted by atomic mass is 16.4. The van der Waals surface area contributed by atoms with E-state index < -0.39 is 0 Å². The Morgan fingerprint density at radius 3 is 2.92 bits per heavy atom. The van der Waals surface area contributed by atoms with Crippen molar-refractivity contribution in [3.05, 3.63) is 59.2 Å². The number of benzene rings is 1. The lowest BCUT2D eigenvalue weighted by Crippen LogP contribution is -2.41. The van der Waals surface area contributed by atoms with E-state index in [0.29, 0.717) is 18.1 Å². The van der Waals surface area contributed by atoms with Crippen molar-refractivity contribution in [2.24, 2.45) is 7.05 Å². The molecule has 2 aromatic heterocycles. The average Bonchev–Trinajstić information content (AvgIpc) is 3.25. The SMILES string of the molecule is Cc1nc(-c2cnn(C)c2)oc1C(=O)N1CCc2ccccc2C1CO. The molecule has 1 amide bonds. The molecular weight excluding hydrogens is 332 g/mol. The molecule has 26 heavy (non-hydrogen) atoms. The number of hydrogen-bond acceptors (Lipinski definition) is 5. The third kappa shape index (κ3) is 2.70. The summed E-state index contributed by atoms with van der Waals surface area (Å²) in [6, 6.07) is 7.53. The molecule has 4 rings (SSSR count). The van der Waals surface area contributed by atoms with Crippen LogP contribution >= 0.6 is 0 Å². The largest absolute Gasteiger partial charge is 0.431 e. The molecule has 1 atom stereocenters. The summed E-state index contributed by atoms with van der Waals surface area (Å²) in [6.45, 7) is 2.15. The van der Waals surface area contributed by atoms with Crippen LogP contribution in [0.5, 0.6) is 0 Å². The van der Waals surface area contributed by atoms with Gasteiger partial charge in [0.05, 0.1) is 30.1 Å². The zero-order chi connectivity index (χ0) is 18.3. The number of aryl methyl sites for hydroxylation is 2. The van der Waals surface area contributed by atoms with E-state index in [-0.39, 0.29) is 24.3 Å². The number of fused-ring (bicyclic) bond motifs is 1. The first kappa shape index (κ1) is 16.5. The van der Waals surface area contributed by atoms with Crippen molar-refractivity contribution < 1.29 is 14.3 Å². The summed E-state index contributed by atoms with van der Waals surface area (Å²) in [5.41, 5.74) is 3.40. The van der Waals surface area contributed by atoms with Gasteiger partial charge in [0.1, 0.15) is 0 Å². The number of aromatic nitrogens is 3. The predicted octanol–water partition coefficient (Wildman–Crippen LogP) is 2.12. The molecule has 134 valence electrons. The maximum atomic E-state index is 13.1. The predicted molar refractivity (Wildman–Crippen MR) is 94.5 cm³/mol. The van der Waals surface area contributed by atoms with E-state index in [1.54, 1.807) is 28.9 Å². The van der Waals surface area contributed by atoms with E-state index in [1.807, 2.05) is 31.3 Å². The van der Waals surface area contributed by atoms with Crippen molar-refractivity contribution in [3.63, 3.8) is 0 Å². The Labute approximate surface area is 150 Å². The number of aliphatic hydroxyl groups is 1. The van der Waals surface area contributed by atoms with Gasteiger partial charge in [0.25, 0.3) is 5.91 Å². The standard InChI is InChI=1S/C19H20N4O3/c1-12-17(26-18(21-12)14-9-20-22(2)10-14)19(25)23-8-7-13-5-3-4-6-15(13)16(23)11-24/h3-6,9-10,16,24H,7-8,11H2,1-2H3. The fourth-order valence-corrected chi connectivity index (χ4v) is 3.47. The van der Waals surface area contributed by atoms with Crippen molar-refractivity contribution in [1.29, 1.82) is 0 Å². The van der Waals surface area contributed by atoms with Gasteiger partial charge in [-0.2, -0.15) is 5.10 Å². The molecule has 1 aromatic carbocycles. The molecule has 0 bridgehead atoms. The normalized spacial score (nSPS) is 16.6. The van der Waals surface area contributed by atoms with Gasteiger partial charge >= 0.3 is 0 Å². The summed E-state index contributed by atoms with van der Waals surface area (Å²) in [5.74, 6) is 0.331. The van der Waals surface area contributed by atoms with Crippen LogP contribution in [0.3, 0.4) is 0 Å². The fraction of sp³-hybridized carbons (Fsp3) is 0.316. The van der Waals surface area contributed by atoms with Crippen LogP contribution in [-0.4, -0.2) is 43.8 Å². The molecule has 0 saturated carbocycles. The highest BCUT2D eigenvalue weighted by molar-refractivity contribution is 5.93. The van der Waals surface area contributed by atoms with E-state index in [2.05, 4.69) is 10.1 Å². The molecule has 1 aliphatic heterocycles. The third-order valence-corrected chi connectivity index (χ3v) is 4.79. The van der Waals surface area contributed by atoms with Gasteiger partial charge in [0, 0.05) is 19.8 Å². The zero-order valence-electron chi connectivity index (χ0n) is 14.7. The number of aliphatic hydroxyl groups excluding tert-OH is 1. The molecule has 3 aromatic rings. The van der Waals surface area contributed by atoms with E-state index in [9.17, 15) is 9.90 Å². The molecule has 0 aliphatic carbocycles. The van der Waals surface area contributed by atoms with Crippen LogP contribution in [0.25, 0.3) is 11.5 Å². The molecule has 0 fully saturated rings. The lowest BCUT2D eigenvalue weighted by Gasteiger charge is -2.35. The molecule has 1 unspecified atom stereocenters. The second-order valence-electron chi connectivity index (χ2n) is 6.48. The minimum atomic E-state index is -0.376. The molecule has 0 spiro atoms. The maximum absolute atomic E-state index is 13.1. The third-order valence-electron chi connectivity index (χ3n) is 4.79. The molecule has 7 heteroatoms. The Kier molecular flexibility index (Phi) is 4.08. The summed E-state index contributed by atoms with van der Waals surface area (Å²) in [7, 11) is 1.81. The van der Waals surface area contributed by atoms with Gasteiger partial charge in [-0.3, -0.25) is 9.48 Å². The van der Waals surface area contributed by atoms with E-state index >= 15 is 0 Å². The van der Waals surface area contributed by atoms with Crippen LogP contribution < -0.4 is 0 Å². The van der Waals surface area contributed by atoms with Gasteiger partial charge in [0.15, 0.2) is 0 Å². The minimum absolute atomic E-state index is 0.134. The number of nitrogens with zero attached hydrogens (tertiary/aromatic N) is 4. The van der Waals surface area contributed by atoms with Gasteiger partial charge in [-0.1, -0.05) is 24.3 Å². The monoisotopic (exact) mass is 352 g/mol. The molecule has 1 N–H and O–H groups in total. The molecule has 0 saturated heterocycles. The van der Waals surface area contributed by atoms with Gasteiger partial charge in [-0.15, -0.1) is 0 Å². The average molecular weight is 352 g/mol. The lowest BCUT2D eigenvalue weighted by molar-refractivity contribution is 0.0537. The van der Waals surface area contributed by atoms with Gasteiger partial charge in [-0.05, 0) is 24.5 Å². The van der Waals surface area contributed by atoms with Crippen LogP contribution in [-0.2, 0) is 13.5 Å². The van der Waals surface area contributed by atoms with Gasteiger partial charge < -0.3 is 14.4 Å². The number of carbonyl (C=O) groups is 1. The highest BCUT2D eigenvalue weighted by Gasteiger charge is 2.33. The van der Waals surface area contributed by atoms with E-state index in [0.717, 1.165) is 17.5 Å². The Bertz CT molecular complexity index is 959. The fourth-order valence-electron chi connectivity index (χ4n) is 3.47. The van der Waals surface area contributed by atoms with Crippen molar-refractivity contribution in [2.75, 3.05) is 13.2 Å². The molecule has 1 aliphatic rings. The Hall–Kier alpha value is -2.93. The summed E-state index contributed by atoms with van der Waals surface area (Å²) < 4.78 is 7.42. The number of carbonyl (C=O) groups excluding carboxylic acids is 1. The summed E-state index contributed by atoms with van der Waals surface area (Å²) >= 11 is 0. The van der Waals surface area contributed by atoms with E-state index in [1.165, 1.54) is 5.56 Å². The molecule has 0 radical (unpaired) electrons. The minimum Gasteiger partial charge on any atom is -0.431 e. The van der Waals surface area contributed by atoms with Crippen LogP contribution in [0.15, 0.2) is 41.1 Å². The number of hydrogen-bond donors (Lipinski definition) is 1. The molecule has 7 nitrogen and oxygen atoms in total. The van der Waals surface area contributed by atoms with Crippen molar-refractivity contribution >= 4 is 5.91 Å². The Morgan fingerprint density at radius 2 is 2.19 bits per heavy atom. The van der Waals surface area contributed by atoms with E-state index in [4.69, 9.17) is 4.42 Å². The second kappa shape index (κ2) is 6.42. The Balaban J connectivity index is 1.67. The van der Waals surface area contributed by atoms with Crippen LogP contribution in [0.1, 0.15) is 33.4 Å². The quantitative estimate of drug-likeness (QED) is 0.780. The first-order chi connectivity index (χ1) is 12.6. The number of rotatable bonds is 3. The van der Waals surface area contributed by atoms with Crippen LogP contribution in [0.2, 0.25) is 0 Å². The summed E-state index contributed by atoms with van der Waals surface area (Å²) in [4.78, 5) is 19.2. The van der Waals surface area contributed by atoms with Crippen molar-refractivity contribution in [2.45, 2.75) is 19.4 Å². The molecule has 3 heterocycles. The lowest BCUT2D eigenvalue weighted by atomic mass is 9.93. The van der Waals surface area contributed by atoms with Gasteiger partial charge in [0.2, 0.25) is 11.7 Å². The van der Waals surface area contributed by atoms with Gasteiger partial charge in [-0.25, -0.2) is 4.98 Å². The summed E-state index contributed by atoms with van der Waals surface area (Å²) in [5, 5.41) is 14.0. The second-order valence-corrected chi connectivity index (χ2v) is 6.48. The highest BCUT2D eigenvalue weighted by Crippen LogP contribution is 2.32. The van der Waals surface area contributed by atoms with Crippen LogP contribution in [0, 0.1) is 6.92 Å². The first-order valence-electron chi connectivity index (χ1n) is 8.54. The Morgan fingerprint density at radius 1 is 1.38 bits per heavy atom. The maximum Gasteiger partial charge on any atom is 0.292 e.